The predicted molar refractivity (Wildman–Crippen MR) is 78.7 cm³/mol. The zero-order valence-corrected chi connectivity index (χ0v) is 12.4. The van der Waals surface area contributed by atoms with Gasteiger partial charge in [-0.3, -0.25) is 4.79 Å². The molecule has 1 rings (SSSR count). The molecule has 0 aromatic heterocycles. The highest BCUT2D eigenvalue weighted by Crippen LogP contribution is 2.12. The summed E-state index contributed by atoms with van der Waals surface area (Å²) in [6.45, 7) is 3.85. The van der Waals surface area contributed by atoms with Crippen LogP contribution in [-0.2, 0) is 4.79 Å². The van der Waals surface area contributed by atoms with Crippen molar-refractivity contribution in [2.24, 2.45) is 0 Å². The van der Waals surface area contributed by atoms with Gasteiger partial charge in [-0.25, -0.2) is 0 Å². The van der Waals surface area contributed by atoms with Gasteiger partial charge in [0, 0.05) is 12.3 Å². The molecule has 0 saturated carbocycles. The Morgan fingerprint density at radius 2 is 2.26 bits per heavy atom. The van der Waals surface area contributed by atoms with Gasteiger partial charge in [-0.1, -0.05) is 12.1 Å². The summed E-state index contributed by atoms with van der Waals surface area (Å²) in [5.41, 5.74) is 0.194. The third kappa shape index (κ3) is 6.50. The molecule has 1 amide bonds. The Kier molecular flexibility index (Phi) is 6.18. The summed E-state index contributed by atoms with van der Waals surface area (Å²) in [6, 6.07) is 7.53. The van der Waals surface area contributed by atoms with Gasteiger partial charge in [0.2, 0.25) is 0 Å². The molecule has 0 heterocycles. The molecule has 1 aromatic rings. The number of hydrogen-bond acceptors (Lipinski definition) is 4. The van der Waals surface area contributed by atoms with Crippen molar-refractivity contribution in [3.8, 4) is 5.75 Å². The van der Waals surface area contributed by atoms with E-state index in [4.69, 9.17) is 4.74 Å². The number of nitrogens with one attached hydrogen (secondary N) is 1. The van der Waals surface area contributed by atoms with Crippen LogP contribution in [0.1, 0.15) is 12.5 Å². The summed E-state index contributed by atoms with van der Waals surface area (Å²) in [5, 5.41) is 12.6. The van der Waals surface area contributed by atoms with Gasteiger partial charge in [-0.15, -0.1) is 0 Å². The molecule has 5 heteroatoms. The molecule has 0 saturated heterocycles. The Balaban J connectivity index is 2.32. The summed E-state index contributed by atoms with van der Waals surface area (Å²) in [6.07, 6.45) is 1.91. The van der Waals surface area contributed by atoms with Crippen molar-refractivity contribution in [1.82, 2.24) is 5.32 Å². The molecular weight excluding hydrogens is 262 g/mol. The number of ether oxygens (including phenoxy) is 1. The fourth-order valence-electron chi connectivity index (χ4n) is 1.56. The smallest absolute Gasteiger partial charge is 0.258 e. The largest absolute Gasteiger partial charge is 0.484 e. The van der Waals surface area contributed by atoms with Crippen LogP contribution >= 0.6 is 11.8 Å². The van der Waals surface area contributed by atoms with Crippen molar-refractivity contribution in [3.63, 3.8) is 0 Å². The van der Waals surface area contributed by atoms with Gasteiger partial charge >= 0.3 is 0 Å². The highest BCUT2D eigenvalue weighted by molar-refractivity contribution is 7.98. The first kappa shape index (κ1) is 15.9. The lowest BCUT2D eigenvalue weighted by Crippen LogP contribution is -2.43. The number of aryl methyl sites for hydroxylation is 1. The first-order valence-corrected chi connectivity index (χ1v) is 7.50. The summed E-state index contributed by atoms with van der Waals surface area (Å²) in [7, 11) is 0. The van der Waals surface area contributed by atoms with Gasteiger partial charge < -0.3 is 15.2 Å². The average Bonchev–Trinajstić information content (AvgIpc) is 2.34. The Labute approximate surface area is 118 Å². The monoisotopic (exact) mass is 283 g/mol. The summed E-state index contributed by atoms with van der Waals surface area (Å²) < 4.78 is 5.37. The molecule has 2 N–H and O–H groups in total. The van der Waals surface area contributed by atoms with E-state index in [-0.39, 0.29) is 19.1 Å². The maximum absolute atomic E-state index is 11.6. The molecule has 106 valence electrons. The van der Waals surface area contributed by atoms with E-state index >= 15 is 0 Å². The van der Waals surface area contributed by atoms with Crippen molar-refractivity contribution in [3.05, 3.63) is 29.8 Å². The minimum absolute atomic E-state index is 0.0429. The van der Waals surface area contributed by atoms with Crippen LogP contribution in [0, 0.1) is 6.92 Å². The van der Waals surface area contributed by atoms with Crippen molar-refractivity contribution < 1.29 is 14.6 Å². The van der Waals surface area contributed by atoms with Gasteiger partial charge in [0.1, 0.15) is 5.75 Å². The van der Waals surface area contributed by atoms with Crippen molar-refractivity contribution in [1.29, 1.82) is 0 Å². The first-order chi connectivity index (χ1) is 8.93. The second kappa shape index (κ2) is 7.40. The minimum Gasteiger partial charge on any atom is -0.484 e. The number of benzene rings is 1. The molecule has 4 nitrogen and oxygen atoms in total. The predicted octanol–water partition coefficient (Wildman–Crippen LogP) is 1.60. The van der Waals surface area contributed by atoms with E-state index in [0.717, 1.165) is 5.56 Å². The van der Waals surface area contributed by atoms with E-state index in [1.165, 1.54) is 11.8 Å². The van der Waals surface area contributed by atoms with E-state index in [0.29, 0.717) is 11.5 Å². The van der Waals surface area contributed by atoms with E-state index in [2.05, 4.69) is 5.32 Å². The fourth-order valence-corrected chi connectivity index (χ4v) is 2.28. The maximum atomic E-state index is 11.6. The Morgan fingerprint density at radius 3 is 2.89 bits per heavy atom. The zero-order valence-electron chi connectivity index (χ0n) is 11.6. The lowest BCUT2D eigenvalue weighted by Gasteiger charge is -2.22. The fraction of sp³-hybridized carbons (Fsp3) is 0.500. The molecule has 1 unspecified atom stereocenters. The first-order valence-electron chi connectivity index (χ1n) is 6.10. The lowest BCUT2D eigenvalue weighted by atomic mass is 10.1. The third-order valence-electron chi connectivity index (χ3n) is 2.48. The molecule has 0 aliphatic carbocycles. The number of amides is 1. The van der Waals surface area contributed by atoms with Crippen molar-refractivity contribution in [2.75, 3.05) is 25.2 Å². The van der Waals surface area contributed by atoms with Crippen LogP contribution in [0.5, 0.6) is 5.75 Å². The van der Waals surface area contributed by atoms with E-state index in [1.54, 1.807) is 6.92 Å². The van der Waals surface area contributed by atoms with Gasteiger partial charge in [0.05, 0.1) is 5.60 Å². The molecule has 0 fully saturated rings. The molecule has 1 aromatic carbocycles. The highest BCUT2D eigenvalue weighted by Gasteiger charge is 2.20. The van der Waals surface area contributed by atoms with Crippen molar-refractivity contribution >= 4 is 17.7 Å². The number of hydrogen-bond donors (Lipinski definition) is 2. The number of rotatable bonds is 7. The minimum atomic E-state index is -0.890. The molecule has 19 heavy (non-hydrogen) atoms. The molecule has 0 aliphatic rings. The van der Waals surface area contributed by atoms with Crippen LogP contribution in [0.2, 0.25) is 0 Å². The SMILES string of the molecule is CSCC(C)(O)CNC(=O)COc1cccc(C)c1. The van der Waals surface area contributed by atoms with Crippen LogP contribution < -0.4 is 10.1 Å². The Morgan fingerprint density at radius 1 is 1.53 bits per heavy atom. The van der Waals surface area contributed by atoms with Crippen LogP contribution in [0.3, 0.4) is 0 Å². The normalized spacial score (nSPS) is 13.7. The van der Waals surface area contributed by atoms with E-state index < -0.39 is 5.60 Å². The summed E-state index contributed by atoms with van der Waals surface area (Å²) >= 11 is 1.54. The van der Waals surface area contributed by atoms with E-state index in [9.17, 15) is 9.90 Å². The summed E-state index contributed by atoms with van der Waals surface area (Å²) in [4.78, 5) is 11.6. The summed E-state index contributed by atoms with van der Waals surface area (Å²) in [5.74, 6) is 1.01. The lowest BCUT2D eigenvalue weighted by molar-refractivity contribution is -0.124. The number of thioether (sulfide) groups is 1. The van der Waals surface area contributed by atoms with Crippen LogP contribution in [0.15, 0.2) is 24.3 Å². The molecule has 1 atom stereocenters. The number of carbonyl (C=O) groups is 1. The van der Waals surface area contributed by atoms with Gasteiger partial charge in [0.15, 0.2) is 6.61 Å². The maximum Gasteiger partial charge on any atom is 0.258 e. The van der Waals surface area contributed by atoms with Crippen LogP contribution in [0.4, 0.5) is 0 Å². The number of aliphatic hydroxyl groups is 1. The highest BCUT2D eigenvalue weighted by atomic mass is 32.2. The van der Waals surface area contributed by atoms with Crippen LogP contribution in [-0.4, -0.2) is 41.8 Å². The standard InChI is InChI=1S/C14H21NO3S/c1-11-5-4-6-12(7-11)18-8-13(16)15-9-14(2,17)10-19-3/h4-7,17H,8-10H2,1-3H3,(H,15,16). The molecule has 0 aliphatic heterocycles. The quantitative estimate of drug-likeness (QED) is 0.798. The van der Waals surface area contributed by atoms with Gasteiger partial charge in [-0.2, -0.15) is 11.8 Å². The van der Waals surface area contributed by atoms with Gasteiger partial charge in [0.25, 0.3) is 5.91 Å². The zero-order chi connectivity index (χ0) is 14.3. The van der Waals surface area contributed by atoms with E-state index in [1.807, 2.05) is 37.4 Å². The molecular formula is C14H21NO3S. The van der Waals surface area contributed by atoms with Gasteiger partial charge in [-0.05, 0) is 37.8 Å². The second-order valence-electron chi connectivity index (χ2n) is 4.81. The second-order valence-corrected chi connectivity index (χ2v) is 5.68. The average molecular weight is 283 g/mol. The molecule has 0 bridgehead atoms. The Bertz CT molecular complexity index is 421. The molecule has 0 spiro atoms. The molecule has 0 radical (unpaired) electrons. The Hall–Kier alpha value is -1.20. The number of carbonyl (C=O) groups excluding carboxylic acids is 1. The van der Waals surface area contributed by atoms with Crippen molar-refractivity contribution in [2.45, 2.75) is 19.4 Å². The topological polar surface area (TPSA) is 58.6 Å². The van der Waals surface area contributed by atoms with Crippen LogP contribution in [0.25, 0.3) is 0 Å². The third-order valence-corrected chi connectivity index (χ3v) is 3.39.